The molecule has 0 saturated heterocycles. The van der Waals surface area contributed by atoms with E-state index in [1.54, 1.807) is 31.2 Å². The largest absolute Gasteiger partial charge is 0.488 e. The van der Waals surface area contributed by atoms with Crippen LogP contribution in [0.3, 0.4) is 0 Å². The number of para-hydroxylation sites is 1. The molecule has 27 heavy (non-hydrogen) atoms. The number of hydrogen-bond acceptors (Lipinski definition) is 4. The Balaban J connectivity index is 1.92. The molecule has 5 nitrogen and oxygen atoms in total. The molecule has 136 valence electrons. The summed E-state index contributed by atoms with van der Waals surface area (Å²) < 4.78 is 5.85. The number of ether oxygens (including phenoxy) is 1. The molecule has 0 atom stereocenters. The monoisotopic (exact) mass is 361 g/mol. The highest BCUT2D eigenvalue weighted by Gasteiger charge is 2.20. The first kappa shape index (κ1) is 18.2. The number of aromatic carboxylic acids is 1. The van der Waals surface area contributed by atoms with E-state index in [-0.39, 0.29) is 17.0 Å². The van der Waals surface area contributed by atoms with Crippen molar-refractivity contribution >= 4 is 17.4 Å². The van der Waals surface area contributed by atoms with Crippen LogP contribution in [0, 0.1) is 6.92 Å². The Labute approximate surface area is 157 Å². The fourth-order valence-electron chi connectivity index (χ4n) is 2.82. The number of ketones is 1. The molecular weight excluding hydrogens is 342 g/mol. The topological polar surface area (TPSA) is 89.6 Å². The Morgan fingerprint density at radius 1 is 0.889 bits per heavy atom. The van der Waals surface area contributed by atoms with Gasteiger partial charge in [-0.1, -0.05) is 42.5 Å². The molecule has 0 bridgehead atoms. The van der Waals surface area contributed by atoms with Crippen LogP contribution in [0.2, 0.25) is 0 Å². The summed E-state index contributed by atoms with van der Waals surface area (Å²) in [6, 6.07) is 19.5. The van der Waals surface area contributed by atoms with E-state index in [9.17, 15) is 14.7 Å². The standard InChI is InChI=1S/C22H19NO4/c1-14-16(11-12-18(20(14)23)22(25)26)21(24)17-9-5-6-10-19(17)27-13-15-7-3-2-4-8-15/h2-12H,13,23H2,1H3,(H,25,26). The van der Waals surface area contributed by atoms with Crippen molar-refractivity contribution < 1.29 is 19.4 Å². The number of nitrogens with two attached hydrogens (primary N) is 1. The maximum absolute atomic E-state index is 13.0. The lowest BCUT2D eigenvalue weighted by atomic mass is 9.95. The van der Waals surface area contributed by atoms with Crippen molar-refractivity contribution in [2.45, 2.75) is 13.5 Å². The zero-order valence-electron chi connectivity index (χ0n) is 14.8. The van der Waals surface area contributed by atoms with Gasteiger partial charge in [-0.25, -0.2) is 4.79 Å². The molecule has 3 aromatic carbocycles. The number of hydrogen-bond donors (Lipinski definition) is 2. The SMILES string of the molecule is Cc1c(C(=O)c2ccccc2OCc2ccccc2)ccc(C(=O)O)c1N. The highest BCUT2D eigenvalue weighted by atomic mass is 16.5. The van der Waals surface area contributed by atoms with Crippen molar-refractivity contribution in [2.24, 2.45) is 0 Å². The predicted octanol–water partition coefficient (Wildman–Crippen LogP) is 4.09. The van der Waals surface area contributed by atoms with Gasteiger partial charge in [-0.05, 0) is 42.3 Å². The molecule has 0 amide bonds. The van der Waals surface area contributed by atoms with E-state index < -0.39 is 5.97 Å². The molecule has 3 N–H and O–H groups in total. The number of nitrogen functional groups attached to an aromatic ring is 1. The molecule has 0 aliphatic carbocycles. The fourth-order valence-corrected chi connectivity index (χ4v) is 2.82. The molecule has 0 spiro atoms. The van der Waals surface area contributed by atoms with Crippen molar-refractivity contribution in [3.05, 3.63) is 94.5 Å². The minimum Gasteiger partial charge on any atom is -0.488 e. The Hall–Kier alpha value is -3.60. The number of rotatable bonds is 6. The van der Waals surface area contributed by atoms with Gasteiger partial charge in [0.1, 0.15) is 12.4 Å². The molecule has 0 heterocycles. The van der Waals surface area contributed by atoms with Gasteiger partial charge in [0.25, 0.3) is 0 Å². The van der Waals surface area contributed by atoms with Crippen molar-refractivity contribution in [2.75, 3.05) is 5.73 Å². The van der Waals surface area contributed by atoms with Gasteiger partial charge in [-0.2, -0.15) is 0 Å². The first-order chi connectivity index (χ1) is 13.0. The van der Waals surface area contributed by atoms with Gasteiger partial charge >= 0.3 is 5.97 Å². The van der Waals surface area contributed by atoms with Gasteiger partial charge in [0.2, 0.25) is 0 Å². The summed E-state index contributed by atoms with van der Waals surface area (Å²) in [6.07, 6.45) is 0. The predicted molar refractivity (Wildman–Crippen MR) is 103 cm³/mol. The Morgan fingerprint density at radius 2 is 1.52 bits per heavy atom. The van der Waals surface area contributed by atoms with E-state index in [2.05, 4.69) is 0 Å². The lowest BCUT2D eigenvalue weighted by Gasteiger charge is -2.14. The number of carboxylic acids is 1. The number of carbonyl (C=O) groups is 2. The van der Waals surface area contributed by atoms with Gasteiger partial charge in [0.15, 0.2) is 5.78 Å². The van der Waals surface area contributed by atoms with Crippen LogP contribution in [0.4, 0.5) is 5.69 Å². The molecule has 0 aliphatic heterocycles. The summed E-state index contributed by atoms with van der Waals surface area (Å²) in [5.74, 6) is -0.923. The van der Waals surface area contributed by atoms with Gasteiger partial charge in [-0.15, -0.1) is 0 Å². The third kappa shape index (κ3) is 3.82. The van der Waals surface area contributed by atoms with E-state index >= 15 is 0 Å². The number of anilines is 1. The summed E-state index contributed by atoms with van der Waals surface area (Å²) >= 11 is 0. The van der Waals surface area contributed by atoms with Crippen LogP contribution in [0.5, 0.6) is 5.75 Å². The number of carboxylic acid groups (broad SMARTS) is 1. The summed E-state index contributed by atoms with van der Waals surface area (Å²) in [4.78, 5) is 24.3. The fraction of sp³-hybridized carbons (Fsp3) is 0.0909. The zero-order chi connectivity index (χ0) is 19.4. The first-order valence-electron chi connectivity index (χ1n) is 8.42. The van der Waals surface area contributed by atoms with Gasteiger partial charge in [-0.3, -0.25) is 4.79 Å². The van der Waals surface area contributed by atoms with Gasteiger partial charge in [0, 0.05) is 11.3 Å². The van der Waals surface area contributed by atoms with Crippen LogP contribution in [-0.2, 0) is 6.61 Å². The van der Waals surface area contributed by atoms with E-state index in [0.717, 1.165) is 5.56 Å². The normalized spacial score (nSPS) is 10.4. The van der Waals surface area contributed by atoms with Crippen LogP contribution < -0.4 is 10.5 Å². The third-order valence-electron chi connectivity index (χ3n) is 4.36. The second-order valence-electron chi connectivity index (χ2n) is 6.10. The summed E-state index contributed by atoms with van der Waals surface area (Å²) in [6.45, 7) is 1.98. The van der Waals surface area contributed by atoms with Crippen LogP contribution >= 0.6 is 0 Å². The van der Waals surface area contributed by atoms with Crippen molar-refractivity contribution in [1.29, 1.82) is 0 Å². The van der Waals surface area contributed by atoms with Crippen molar-refractivity contribution in [1.82, 2.24) is 0 Å². The third-order valence-corrected chi connectivity index (χ3v) is 4.36. The second kappa shape index (κ2) is 7.74. The summed E-state index contributed by atoms with van der Waals surface area (Å²) in [7, 11) is 0. The Kier molecular flexibility index (Phi) is 5.22. The Morgan fingerprint density at radius 3 is 2.22 bits per heavy atom. The maximum Gasteiger partial charge on any atom is 0.337 e. The molecule has 0 aliphatic rings. The molecule has 0 fully saturated rings. The van der Waals surface area contributed by atoms with Crippen LogP contribution in [-0.4, -0.2) is 16.9 Å². The van der Waals surface area contributed by atoms with E-state index in [4.69, 9.17) is 10.5 Å². The lowest BCUT2D eigenvalue weighted by Crippen LogP contribution is -2.11. The van der Waals surface area contributed by atoms with E-state index in [1.165, 1.54) is 12.1 Å². The molecule has 0 aromatic heterocycles. The molecule has 0 unspecified atom stereocenters. The van der Waals surface area contributed by atoms with E-state index in [1.807, 2.05) is 30.3 Å². The van der Waals surface area contributed by atoms with Crippen LogP contribution in [0.25, 0.3) is 0 Å². The quantitative estimate of drug-likeness (QED) is 0.510. The first-order valence-corrected chi connectivity index (χ1v) is 8.42. The van der Waals surface area contributed by atoms with Gasteiger partial charge in [0.05, 0.1) is 11.1 Å². The van der Waals surface area contributed by atoms with Crippen molar-refractivity contribution in [3.8, 4) is 5.75 Å². The van der Waals surface area contributed by atoms with Crippen LogP contribution in [0.15, 0.2) is 66.7 Å². The number of carbonyl (C=O) groups excluding carboxylic acids is 1. The molecule has 0 radical (unpaired) electrons. The molecular formula is C22H19NO4. The smallest absolute Gasteiger partial charge is 0.337 e. The maximum atomic E-state index is 13.0. The van der Waals surface area contributed by atoms with Crippen LogP contribution in [0.1, 0.15) is 37.4 Å². The summed E-state index contributed by atoms with van der Waals surface area (Å²) in [5, 5.41) is 9.17. The lowest BCUT2D eigenvalue weighted by molar-refractivity contribution is 0.0697. The molecule has 0 saturated carbocycles. The molecule has 3 rings (SSSR count). The average Bonchev–Trinajstić information content (AvgIpc) is 2.68. The van der Waals surface area contributed by atoms with Gasteiger partial charge < -0.3 is 15.6 Å². The zero-order valence-corrected chi connectivity index (χ0v) is 14.8. The molecule has 5 heteroatoms. The number of benzene rings is 3. The Bertz CT molecular complexity index is 996. The summed E-state index contributed by atoms with van der Waals surface area (Å²) in [5.41, 5.74) is 8.18. The minimum atomic E-state index is -1.12. The highest BCUT2D eigenvalue weighted by Crippen LogP contribution is 2.27. The second-order valence-corrected chi connectivity index (χ2v) is 6.10. The minimum absolute atomic E-state index is 0.0161. The van der Waals surface area contributed by atoms with Crippen molar-refractivity contribution in [3.63, 3.8) is 0 Å². The average molecular weight is 361 g/mol. The molecule has 3 aromatic rings. The highest BCUT2D eigenvalue weighted by molar-refractivity contribution is 6.13. The van der Waals surface area contributed by atoms with E-state index in [0.29, 0.717) is 29.0 Å².